The van der Waals surface area contributed by atoms with Crippen molar-refractivity contribution in [2.24, 2.45) is 0 Å². The third-order valence-corrected chi connectivity index (χ3v) is 3.14. The van der Waals surface area contributed by atoms with Crippen LogP contribution in [-0.2, 0) is 6.61 Å². The average Bonchev–Trinajstić information content (AvgIpc) is 2.40. The van der Waals surface area contributed by atoms with Crippen molar-refractivity contribution in [1.82, 2.24) is 0 Å². The van der Waals surface area contributed by atoms with Crippen LogP contribution < -0.4 is 10.5 Å². The van der Waals surface area contributed by atoms with Crippen LogP contribution in [-0.4, -0.2) is 0 Å². The van der Waals surface area contributed by atoms with E-state index in [9.17, 15) is 8.78 Å². The van der Waals surface area contributed by atoms with Crippen molar-refractivity contribution in [3.8, 4) is 11.8 Å². The number of halogens is 3. The van der Waals surface area contributed by atoms with Gasteiger partial charge in [-0.05, 0) is 45.8 Å². The number of nitrogens with two attached hydrogens (primary N) is 1. The molecule has 0 saturated heterocycles. The number of ether oxygens (including phenoxy) is 1. The predicted molar refractivity (Wildman–Crippen MR) is 74.0 cm³/mol. The smallest absolute Gasteiger partial charge is 0.145 e. The van der Waals surface area contributed by atoms with Gasteiger partial charge in [-0.15, -0.1) is 0 Å². The van der Waals surface area contributed by atoms with Crippen LogP contribution in [0.25, 0.3) is 0 Å². The molecule has 0 heterocycles. The van der Waals surface area contributed by atoms with Crippen molar-refractivity contribution in [2.45, 2.75) is 6.61 Å². The summed E-state index contributed by atoms with van der Waals surface area (Å²) >= 11 is 3.01. The van der Waals surface area contributed by atoms with Gasteiger partial charge >= 0.3 is 0 Å². The Labute approximate surface area is 122 Å². The molecule has 3 nitrogen and oxygen atoms in total. The van der Waals surface area contributed by atoms with Crippen LogP contribution in [0.1, 0.15) is 11.1 Å². The highest BCUT2D eigenvalue weighted by molar-refractivity contribution is 9.10. The summed E-state index contributed by atoms with van der Waals surface area (Å²) in [5, 5.41) is 8.75. The summed E-state index contributed by atoms with van der Waals surface area (Å²) < 4.78 is 32.2. The van der Waals surface area contributed by atoms with Crippen molar-refractivity contribution >= 4 is 21.6 Å². The first kappa shape index (κ1) is 14.3. The van der Waals surface area contributed by atoms with Gasteiger partial charge in [0, 0.05) is 6.07 Å². The Bertz CT molecular complexity index is 698. The Morgan fingerprint density at radius 1 is 1.20 bits per heavy atom. The molecule has 0 bridgehead atoms. The molecular weight excluding hydrogens is 330 g/mol. The van der Waals surface area contributed by atoms with Gasteiger partial charge in [0.15, 0.2) is 0 Å². The summed E-state index contributed by atoms with van der Waals surface area (Å²) in [6, 6.07) is 8.24. The number of hydrogen-bond donors (Lipinski definition) is 1. The zero-order valence-electron chi connectivity index (χ0n) is 10.2. The van der Waals surface area contributed by atoms with Crippen molar-refractivity contribution in [3.05, 3.63) is 57.6 Å². The van der Waals surface area contributed by atoms with E-state index in [0.717, 1.165) is 12.1 Å². The maximum atomic E-state index is 13.4. The standard InChI is InChI=1S/C14H9BrF2N2O/c15-11-4-13(19)14(5-12(11)17)20-7-9-1-8(6-18)2-10(16)3-9/h1-5H,7,19H2. The van der Waals surface area contributed by atoms with Gasteiger partial charge < -0.3 is 10.5 Å². The number of hydrogen-bond acceptors (Lipinski definition) is 3. The lowest BCUT2D eigenvalue weighted by atomic mass is 10.1. The molecular formula is C14H9BrF2N2O. The highest BCUT2D eigenvalue weighted by Crippen LogP contribution is 2.29. The Hall–Kier alpha value is -2.13. The zero-order valence-corrected chi connectivity index (χ0v) is 11.7. The molecule has 0 unspecified atom stereocenters. The molecule has 102 valence electrons. The second kappa shape index (κ2) is 5.88. The molecule has 0 amide bonds. The number of nitrogens with zero attached hydrogens (tertiary/aromatic N) is 1. The monoisotopic (exact) mass is 338 g/mol. The molecule has 0 aliphatic heterocycles. The minimum atomic E-state index is -0.530. The molecule has 6 heteroatoms. The quantitative estimate of drug-likeness (QED) is 0.867. The molecule has 0 aliphatic carbocycles. The molecule has 0 radical (unpaired) electrons. The number of benzene rings is 2. The fourth-order valence-corrected chi connectivity index (χ4v) is 1.99. The van der Waals surface area contributed by atoms with Crippen LogP contribution in [0.4, 0.5) is 14.5 Å². The van der Waals surface area contributed by atoms with Crippen LogP contribution in [0, 0.1) is 23.0 Å². The van der Waals surface area contributed by atoms with Gasteiger partial charge in [0.05, 0.1) is 21.8 Å². The SMILES string of the molecule is N#Cc1cc(F)cc(COc2cc(F)c(Br)cc2N)c1. The highest BCUT2D eigenvalue weighted by Gasteiger charge is 2.08. The van der Waals surface area contributed by atoms with Crippen molar-refractivity contribution in [3.63, 3.8) is 0 Å². The number of rotatable bonds is 3. The van der Waals surface area contributed by atoms with Crippen LogP contribution in [0.15, 0.2) is 34.8 Å². The third kappa shape index (κ3) is 3.25. The van der Waals surface area contributed by atoms with Crippen LogP contribution >= 0.6 is 15.9 Å². The third-order valence-electron chi connectivity index (χ3n) is 2.53. The minimum absolute atomic E-state index is 0.0162. The normalized spacial score (nSPS) is 10.1. The maximum Gasteiger partial charge on any atom is 0.145 e. The molecule has 0 atom stereocenters. The van der Waals surface area contributed by atoms with E-state index in [1.54, 1.807) is 0 Å². The predicted octanol–water partition coefficient (Wildman–Crippen LogP) is 3.76. The largest absolute Gasteiger partial charge is 0.487 e. The van der Waals surface area contributed by atoms with Crippen LogP contribution in [0.5, 0.6) is 5.75 Å². The lowest BCUT2D eigenvalue weighted by molar-refractivity contribution is 0.305. The first-order chi connectivity index (χ1) is 9.49. The molecule has 2 aromatic carbocycles. The molecule has 2 N–H and O–H groups in total. The van der Waals surface area contributed by atoms with Gasteiger partial charge in [0.1, 0.15) is 24.0 Å². The zero-order chi connectivity index (χ0) is 14.7. The van der Waals surface area contributed by atoms with Crippen molar-refractivity contribution in [1.29, 1.82) is 5.26 Å². The Balaban J connectivity index is 2.19. The number of anilines is 1. The van der Waals surface area contributed by atoms with Crippen LogP contribution in [0.2, 0.25) is 0 Å². The minimum Gasteiger partial charge on any atom is -0.487 e. The van der Waals surface area contributed by atoms with E-state index in [1.165, 1.54) is 18.2 Å². The van der Waals surface area contributed by atoms with E-state index in [4.69, 9.17) is 15.7 Å². The second-order valence-electron chi connectivity index (χ2n) is 4.05. The first-order valence-corrected chi connectivity index (χ1v) is 6.36. The fourth-order valence-electron chi connectivity index (χ4n) is 1.63. The van der Waals surface area contributed by atoms with E-state index < -0.39 is 11.6 Å². The van der Waals surface area contributed by atoms with E-state index in [0.29, 0.717) is 5.56 Å². The second-order valence-corrected chi connectivity index (χ2v) is 4.91. The van der Waals surface area contributed by atoms with Gasteiger partial charge in [-0.1, -0.05) is 0 Å². The summed E-state index contributed by atoms with van der Waals surface area (Å²) in [6.45, 7) is -0.0162. The molecule has 2 aromatic rings. The highest BCUT2D eigenvalue weighted by atomic mass is 79.9. The van der Waals surface area contributed by atoms with E-state index in [-0.39, 0.29) is 28.1 Å². The summed E-state index contributed by atoms with van der Waals surface area (Å²) in [5.74, 6) is -0.878. The van der Waals surface area contributed by atoms with Gasteiger partial charge in [0.25, 0.3) is 0 Å². The van der Waals surface area contributed by atoms with Crippen molar-refractivity contribution in [2.75, 3.05) is 5.73 Å². The summed E-state index contributed by atoms with van der Waals surface area (Å²) in [5.41, 5.74) is 6.61. The first-order valence-electron chi connectivity index (χ1n) is 5.56. The Kier molecular flexibility index (Phi) is 4.20. The molecule has 0 aromatic heterocycles. The molecule has 2 rings (SSSR count). The molecule has 0 spiro atoms. The maximum absolute atomic E-state index is 13.4. The van der Waals surface area contributed by atoms with Gasteiger partial charge in [-0.25, -0.2) is 8.78 Å². The van der Waals surface area contributed by atoms with E-state index in [2.05, 4.69) is 15.9 Å². The summed E-state index contributed by atoms with van der Waals surface area (Å²) in [7, 11) is 0. The fraction of sp³-hybridized carbons (Fsp3) is 0.0714. The van der Waals surface area contributed by atoms with E-state index in [1.807, 2.05) is 6.07 Å². The summed E-state index contributed by atoms with van der Waals surface area (Å²) in [4.78, 5) is 0. The molecule has 0 fully saturated rings. The Morgan fingerprint density at radius 3 is 2.65 bits per heavy atom. The Morgan fingerprint density at radius 2 is 1.95 bits per heavy atom. The number of nitrogen functional groups attached to an aromatic ring is 1. The van der Waals surface area contributed by atoms with Gasteiger partial charge in [-0.2, -0.15) is 5.26 Å². The van der Waals surface area contributed by atoms with Crippen molar-refractivity contribution < 1.29 is 13.5 Å². The number of nitriles is 1. The average molecular weight is 339 g/mol. The molecule has 20 heavy (non-hydrogen) atoms. The summed E-state index contributed by atoms with van der Waals surface area (Å²) in [6.07, 6.45) is 0. The molecule has 0 saturated carbocycles. The lowest BCUT2D eigenvalue weighted by Gasteiger charge is -2.10. The molecule has 0 aliphatic rings. The van der Waals surface area contributed by atoms with Gasteiger partial charge in [0.2, 0.25) is 0 Å². The van der Waals surface area contributed by atoms with Gasteiger partial charge in [-0.3, -0.25) is 0 Å². The topological polar surface area (TPSA) is 59.0 Å². The lowest BCUT2D eigenvalue weighted by Crippen LogP contribution is -2.00. The van der Waals surface area contributed by atoms with Crippen LogP contribution in [0.3, 0.4) is 0 Å². The van der Waals surface area contributed by atoms with E-state index >= 15 is 0 Å².